The summed E-state index contributed by atoms with van der Waals surface area (Å²) in [6.45, 7) is 4.35. The van der Waals surface area contributed by atoms with Crippen molar-refractivity contribution in [1.29, 1.82) is 0 Å². The summed E-state index contributed by atoms with van der Waals surface area (Å²) >= 11 is 5.93. The van der Waals surface area contributed by atoms with Crippen LogP contribution < -0.4 is 5.32 Å². The Bertz CT molecular complexity index is 394. The molecule has 0 aliphatic carbocycles. The molecule has 0 amide bonds. The number of halogens is 1. The molecule has 2 nitrogen and oxygen atoms in total. The zero-order valence-corrected chi connectivity index (χ0v) is 13.6. The molecule has 0 radical (unpaired) electrons. The van der Waals surface area contributed by atoms with E-state index in [0.29, 0.717) is 12.1 Å². The van der Waals surface area contributed by atoms with Gasteiger partial charge in [0.2, 0.25) is 0 Å². The first-order valence-corrected chi connectivity index (χ1v) is 8.95. The third kappa shape index (κ3) is 6.55. The van der Waals surface area contributed by atoms with Gasteiger partial charge in [0.15, 0.2) is 0 Å². The second-order valence-corrected chi connectivity index (χ2v) is 7.02. The Hall–Kier alpha value is -0.380. The Morgan fingerprint density at radius 1 is 1.26 bits per heavy atom. The highest BCUT2D eigenvalue weighted by Crippen LogP contribution is 2.21. The van der Waals surface area contributed by atoms with Gasteiger partial charge in [0.1, 0.15) is 0 Å². The first-order chi connectivity index (χ1) is 9.02. The minimum Gasteiger partial charge on any atom is -0.307 e. The topological polar surface area (TPSA) is 29.1 Å². The average molecular weight is 302 g/mol. The van der Waals surface area contributed by atoms with Crippen molar-refractivity contribution >= 4 is 22.4 Å². The van der Waals surface area contributed by atoms with Gasteiger partial charge in [0.05, 0.1) is 0 Å². The highest BCUT2D eigenvalue weighted by molar-refractivity contribution is 7.84. The van der Waals surface area contributed by atoms with Gasteiger partial charge in [-0.25, -0.2) is 0 Å². The maximum absolute atomic E-state index is 11.1. The van der Waals surface area contributed by atoms with Gasteiger partial charge in [-0.15, -0.1) is 0 Å². The lowest BCUT2D eigenvalue weighted by Gasteiger charge is -2.23. The van der Waals surface area contributed by atoms with Crippen molar-refractivity contribution in [2.24, 2.45) is 0 Å². The molecule has 0 spiro atoms. The first kappa shape index (κ1) is 16.7. The maximum Gasteiger partial charge on any atom is 0.0406 e. The smallest absolute Gasteiger partial charge is 0.0406 e. The molecule has 19 heavy (non-hydrogen) atoms. The molecular formula is C15H24ClNOS. The highest BCUT2D eigenvalue weighted by Gasteiger charge is 2.13. The molecule has 3 atom stereocenters. The van der Waals surface area contributed by atoms with Gasteiger partial charge in [0, 0.05) is 39.9 Å². The lowest BCUT2D eigenvalue weighted by atomic mass is 10.0. The Labute approximate surface area is 124 Å². The molecule has 0 saturated carbocycles. The van der Waals surface area contributed by atoms with E-state index in [1.54, 1.807) is 6.26 Å². The summed E-state index contributed by atoms with van der Waals surface area (Å²) in [6, 6.07) is 8.76. The van der Waals surface area contributed by atoms with Crippen LogP contribution in [0.1, 0.15) is 44.7 Å². The van der Waals surface area contributed by atoms with E-state index >= 15 is 0 Å². The van der Waals surface area contributed by atoms with Gasteiger partial charge < -0.3 is 5.32 Å². The molecule has 0 aliphatic rings. The van der Waals surface area contributed by atoms with Crippen molar-refractivity contribution in [3.05, 3.63) is 34.9 Å². The van der Waals surface area contributed by atoms with Crippen LogP contribution in [0, 0.1) is 0 Å². The van der Waals surface area contributed by atoms with Crippen LogP contribution in [0.3, 0.4) is 0 Å². The third-order valence-electron chi connectivity index (χ3n) is 3.17. The second kappa shape index (κ2) is 8.72. The lowest BCUT2D eigenvalue weighted by molar-refractivity contribution is 0.424. The molecule has 1 rings (SSSR count). The van der Waals surface area contributed by atoms with Crippen molar-refractivity contribution < 1.29 is 4.21 Å². The number of hydrogen-bond donors (Lipinski definition) is 1. The highest BCUT2D eigenvalue weighted by atomic mass is 35.5. The predicted molar refractivity (Wildman–Crippen MR) is 85.2 cm³/mol. The fourth-order valence-electron chi connectivity index (χ4n) is 2.10. The van der Waals surface area contributed by atoms with E-state index in [2.05, 4.69) is 31.3 Å². The largest absolute Gasteiger partial charge is 0.307 e. The third-order valence-corrected chi connectivity index (χ3v) is 4.24. The van der Waals surface area contributed by atoms with Gasteiger partial charge in [-0.1, -0.05) is 37.1 Å². The van der Waals surface area contributed by atoms with Crippen molar-refractivity contribution in [2.45, 2.75) is 45.2 Å². The average Bonchev–Trinajstić information content (AvgIpc) is 2.37. The van der Waals surface area contributed by atoms with Crippen LogP contribution in [0.5, 0.6) is 0 Å². The van der Waals surface area contributed by atoms with E-state index in [1.165, 1.54) is 5.56 Å². The summed E-state index contributed by atoms with van der Waals surface area (Å²) in [7, 11) is -0.710. The van der Waals surface area contributed by atoms with Gasteiger partial charge in [0.25, 0.3) is 0 Å². The van der Waals surface area contributed by atoms with E-state index < -0.39 is 10.8 Å². The maximum atomic E-state index is 11.1. The quantitative estimate of drug-likeness (QED) is 0.788. The normalized spacial score (nSPS) is 16.0. The molecule has 1 aromatic rings. The van der Waals surface area contributed by atoms with Gasteiger partial charge in [-0.05, 0) is 37.5 Å². The lowest BCUT2D eigenvalue weighted by Crippen LogP contribution is -2.31. The summed E-state index contributed by atoms with van der Waals surface area (Å²) in [5.74, 6) is 0.758. The molecule has 0 aromatic heterocycles. The standard InChI is InChI=1S/C15H24ClNOS/c1-4-5-15(13-6-8-14(16)9-7-13)17-12(2)10-11-19(3)18/h6-9,12,15,17H,4-5,10-11H2,1-3H3. The van der Waals surface area contributed by atoms with Crippen LogP contribution in [0.4, 0.5) is 0 Å². The number of nitrogens with one attached hydrogen (secondary N) is 1. The first-order valence-electron chi connectivity index (χ1n) is 6.84. The molecule has 3 unspecified atom stereocenters. The zero-order valence-electron chi connectivity index (χ0n) is 12.0. The molecule has 0 aliphatic heterocycles. The molecule has 1 N–H and O–H groups in total. The Morgan fingerprint density at radius 3 is 2.42 bits per heavy atom. The second-order valence-electron chi connectivity index (χ2n) is 5.03. The van der Waals surface area contributed by atoms with E-state index in [-0.39, 0.29) is 0 Å². The molecule has 0 fully saturated rings. The van der Waals surface area contributed by atoms with Crippen LogP contribution in [0.15, 0.2) is 24.3 Å². The van der Waals surface area contributed by atoms with E-state index in [1.807, 2.05) is 12.1 Å². The van der Waals surface area contributed by atoms with Crippen LogP contribution >= 0.6 is 11.6 Å². The van der Waals surface area contributed by atoms with E-state index in [9.17, 15) is 4.21 Å². The molecular weight excluding hydrogens is 278 g/mol. The van der Waals surface area contributed by atoms with Gasteiger partial charge >= 0.3 is 0 Å². The molecule has 1 aromatic carbocycles. The van der Waals surface area contributed by atoms with Crippen molar-refractivity contribution in [3.8, 4) is 0 Å². The predicted octanol–water partition coefficient (Wildman–Crippen LogP) is 3.93. The zero-order chi connectivity index (χ0) is 14.3. The monoisotopic (exact) mass is 301 g/mol. The van der Waals surface area contributed by atoms with Crippen molar-refractivity contribution in [2.75, 3.05) is 12.0 Å². The summed E-state index contributed by atoms with van der Waals surface area (Å²) in [5.41, 5.74) is 1.27. The van der Waals surface area contributed by atoms with Crippen LogP contribution in [0.25, 0.3) is 0 Å². The molecule has 108 valence electrons. The Balaban J connectivity index is 2.61. The summed E-state index contributed by atoms with van der Waals surface area (Å²) in [4.78, 5) is 0. The van der Waals surface area contributed by atoms with Gasteiger partial charge in [-0.2, -0.15) is 0 Å². The Morgan fingerprint density at radius 2 is 1.89 bits per heavy atom. The van der Waals surface area contributed by atoms with Crippen molar-refractivity contribution in [3.63, 3.8) is 0 Å². The van der Waals surface area contributed by atoms with Crippen LogP contribution in [0.2, 0.25) is 5.02 Å². The molecule has 0 heterocycles. The minimum atomic E-state index is -0.710. The summed E-state index contributed by atoms with van der Waals surface area (Å²) in [6.07, 6.45) is 4.93. The van der Waals surface area contributed by atoms with E-state index in [4.69, 9.17) is 11.6 Å². The summed E-state index contributed by atoms with van der Waals surface area (Å²) in [5, 5.41) is 4.40. The fourth-order valence-corrected chi connectivity index (χ4v) is 2.91. The van der Waals surface area contributed by atoms with Crippen LogP contribution in [-0.4, -0.2) is 22.3 Å². The number of rotatable bonds is 8. The minimum absolute atomic E-state index is 0.350. The van der Waals surface area contributed by atoms with E-state index in [0.717, 1.165) is 30.0 Å². The number of hydrogen-bond acceptors (Lipinski definition) is 2. The number of benzene rings is 1. The molecule has 4 heteroatoms. The summed E-state index contributed by atoms with van der Waals surface area (Å²) < 4.78 is 11.1. The molecule has 0 bridgehead atoms. The van der Waals surface area contributed by atoms with Crippen molar-refractivity contribution in [1.82, 2.24) is 5.32 Å². The Kier molecular flexibility index (Phi) is 7.66. The SMILES string of the molecule is CCCC(NC(C)CCS(C)=O)c1ccc(Cl)cc1. The van der Waals surface area contributed by atoms with Gasteiger partial charge in [-0.3, -0.25) is 4.21 Å². The molecule has 0 saturated heterocycles. The van der Waals surface area contributed by atoms with Crippen LogP contribution in [-0.2, 0) is 10.8 Å². The fraction of sp³-hybridized carbons (Fsp3) is 0.600.